The lowest BCUT2D eigenvalue weighted by atomic mass is 9.92. The molecule has 5 heteroatoms. The topological polar surface area (TPSA) is 68.2 Å². The highest BCUT2D eigenvalue weighted by atomic mass is 16.5. The minimum absolute atomic E-state index is 0.172. The van der Waals surface area contributed by atoms with Crippen LogP contribution in [0.5, 0.6) is 0 Å². The Kier molecular flexibility index (Phi) is 13.9. The Bertz CT molecular complexity index is 400. The molecule has 0 aromatic rings. The van der Waals surface area contributed by atoms with Gasteiger partial charge in [-0.25, -0.2) is 0 Å². The van der Waals surface area contributed by atoms with E-state index in [-0.39, 0.29) is 25.4 Å². The van der Waals surface area contributed by atoms with Gasteiger partial charge in [0.15, 0.2) is 0 Å². The minimum Gasteiger partial charge on any atom is -0.391 e. The van der Waals surface area contributed by atoms with Crippen LogP contribution in [0.4, 0.5) is 0 Å². The smallest absolute Gasteiger partial charge is 0.101 e. The van der Waals surface area contributed by atoms with Crippen molar-refractivity contribution in [2.75, 3.05) is 26.4 Å². The van der Waals surface area contributed by atoms with E-state index in [4.69, 9.17) is 14.2 Å². The van der Waals surface area contributed by atoms with Crippen molar-refractivity contribution < 1.29 is 24.4 Å². The molecule has 0 aromatic carbocycles. The summed E-state index contributed by atoms with van der Waals surface area (Å²) in [6.45, 7) is 16.7. The second kappa shape index (κ2) is 14.3. The fourth-order valence-electron chi connectivity index (χ4n) is 3.32. The fourth-order valence-corrected chi connectivity index (χ4v) is 3.32. The first-order valence-electron chi connectivity index (χ1n) is 10.2. The molecule has 0 heterocycles. The van der Waals surface area contributed by atoms with E-state index in [1.165, 1.54) is 0 Å². The monoisotopic (exact) mass is 386 g/mol. The molecule has 0 aliphatic heterocycles. The Morgan fingerprint density at radius 2 is 1.41 bits per heavy atom. The summed E-state index contributed by atoms with van der Waals surface area (Å²) in [5.41, 5.74) is -0.811. The molecular weight excluding hydrogens is 344 g/mol. The van der Waals surface area contributed by atoms with E-state index >= 15 is 0 Å². The Labute approximate surface area is 166 Å². The molecule has 0 spiro atoms. The van der Waals surface area contributed by atoms with E-state index in [9.17, 15) is 10.2 Å². The van der Waals surface area contributed by atoms with Gasteiger partial charge in [0.1, 0.15) is 6.10 Å². The van der Waals surface area contributed by atoms with Gasteiger partial charge in [-0.15, -0.1) is 13.2 Å². The molecule has 27 heavy (non-hydrogen) atoms. The maximum Gasteiger partial charge on any atom is 0.101 e. The van der Waals surface area contributed by atoms with Crippen LogP contribution >= 0.6 is 0 Å². The average molecular weight is 387 g/mol. The van der Waals surface area contributed by atoms with Crippen LogP contribution in [0.15, 0.2) is 25.3 Å². The van der Waals surface area contributed by atoms with Crippen LogP contribution in [0.25, 0.3) is 0 Å². The van der Waals surface area contributed by atoms with Crippen molar-refractivity contribution >= 4 is 0 Å². The second-order valence-corrected chi connectivity index (χ2v) is 7.85. The minimum atomic E-state index is -0.699. The van der Waals surface area contributed by atoms with Gasteiger partial charge in [0, 0.05) is 6.42 Å². The molecule has 0 fully saturated rings. The van der Waals surface area contributed by atoms with Gasteiger partial charge in [0.2, 0.25) is 0 Å². The van der Waals surface area contributed by atoms with E-state index in [2.05, 4.69) is 33.9 Å². The van der Waals surface area contributed by atoms with E-state index < -0.39 is 17.8 Å². The molecule has 0 radical (unpaired) electrons. The summed E-state index contributed by atoms with van der Waals surface area (Å²) in [5, 5.41) is 20.5. The van der Waals surface area contributed by atoms with Gasteiger partial charge in [-0.2, -0.15) is 0 Å². The predicted molar refractivity (Wildman–Crippen MR) is 111 cm³/mol. The quantitative estimate of drug-likeness (QED) is 0.275. The van der Waals surface area contributed by atoms with Gasteiger partial charge in [-0.3, -0.25) is 0 Å². The van der Waals surface area contributed by atoms with Crippen molar-refractivity contribution in [2.24, 2.45) is 0 Å². The molecule has 0 amide bonds. The van der Waals surface area contributed by atoms with Gasteiger partial charge in [0.25, 0.3) is 0 Å². The molecular formula is C22H42O5. The summed E-state index contributed by atoms with van der Waals surface area (Å²) in [5.74, 6) is 0. The molecule has 0 rings (SSSR count). The van der Waals surface area contributed by atoms with Gasteiger partial charge in [-0.1, -0.05) is 38.8 Å². The number of hydrogen-bond donors (Lipinski definition) is 2. The summed E-state index contributed by atoms with van der Waals surface area (Å²) in [6.07, 6.45) is 7.05. The number of aliphatic hydroxyl groups is 2. The zero-order valence-electron chi connectivity index (χ0n) is 17.9. The van der Waals surface area contributed by atoms with Crippen molar-refractivity contribution in [3.8, 4) is 0 Å². The zero-order chi connectivity index (χ0) is 20.8. The maximum atomic E-state index is 10.5. The van der Waals surface area contributed by atoms with E-state index in [0.717, 1.165) is 32.1 Å². The van der Waals surface area contributed by atoms with E-state index in [1.54, 1.807) is 6.08 Å². The summed E-state index contributed by atoms with van der Waals surface area (Å²) in [6, 6.07) is 0. The van der Waals surface area contributed by atoms with Crippen molar-refractivity contribution in [1.29, 1.82) is 0 Å². The maximum absolute atomic E-state index is 10.5. The summed E-state index contributed by atoms with van der Waals surface area (Å²) < 4.78 is 17.3. The number of aliphatic hydroxyl groups excluding tert-OH is 2. The third kappa shape index (κ3) is 12.4. The van der Waals surface area contributed by atoms with E-state index in [1.807, 2.05) is 13.0 Å². The van der Waals surface area contributed by atoms with Gasteiger partial charge in [-0.05, 0) is 33.1 Å². The normalized spacial score (nSPS) is 18.3. The first-order valence-corrected chi connectivity index (χ1v) is 10.2. The highest BCUT2D eigenvalue weighted by Gasteiger charge is 2.30. The molecule has 0 aliphatic carbocycles. The largest absolute Gasteiger partial charge is 0.391 e. The van der Waals surface area contributed by atoms with Gasteiger partial charge in [0.05, 0.1) is 43.7 Å². The van der Waals surface area contributed by atoms with Crippen molar-refractivity contribution in [2.45, 2.75) is 89.6 Å². The first kappa shape index (κ1) is 26.3. The third-order valence-electron chi connectivity index (χ3n) is 4.60. The van der Waals surface area contributed by atoms with Crippen molar-refractivity contribution in [1.82, 2.24) is 0 Å². The van der Waals surface area contributed by atoms with Crippen LogP contribution in [-0.2, 0) is 14.2 Å². The zero-order valence-corrected chi connectivity index (χ0v) is 17.9. The van der Waals surface area contributed by atoms with Crippen LogP contribution in [0.3, 0.4) is 0 Å². The first-order chi connectivity index (χ1) is 12.7. The number of ether oxygens (including phenoxy) is 3. The van der Waals surface area contributed by atoms with Crippen LogP contribution in [0.1, 0.15) is 66.2 Å². The lowest BCUT2D eigenvalue weighted by Gasteiger charge is -2.34. The summed E-state index contributed by atoms with van der Waals surface area (Å²) in [4.78, 5) is 0. The molecule has 0 saturated carbocycles. The SMILES string of the molecule is C=CCOCC(O)COC(C)(CCC)CC(O)COC(C)(CC=C)CCC. The van der Waals surface area contributed by atoms with Crippen molar-refractivity contribution in [3.05, 3.63) is 25.3 Å². The van der Waals surface area contributed by atoms with Crippen LogP contribution in [-0.4, -0.2) is 60.1 Å². The Balaban J connectivity index is 4.57. The highest BCUT2D eigenvalue weighted by Crippen LogP contribution is 2.27. The van der Waals surface area contributed by atoms with Gasteiger partial charge >= 0.3 is 0 Å². The molecule has 0 bridgehead atoms. The third-order valence-corrected chi connectivity index (χ3v) is 4.60. The molecule has 2 N–H and O–H groups in total. The molecule has 0 aromatic heterocycles. The molecule has 0 aliphatic rings. The Morgan fingerprint density at radius 1 is 0.852 bits per heavy atom. The predicted octanol–water partition coefficient (Wildman–Crippen LogP) is 4.03. The molecule has 5 nitrogen and oxygen atoms in total. The lowest BCUT2D eigenvalue weighted by Crippen LogP contribution is -2.39. The average Bonchev–Trinajstić information content (AvgIpc) is 2.59. The molecule has 160 valence electrons. The summed E-state index contributed by atoms with van der Waals surface area (Å²) in [7, 11) is 0. The summed E-state index contributed by atoms with van der Waals surface area (Å²) >= 11 is 0. The Hall–Kier alpha value is -0.720. The number of rotatable bonds is 18. The molecule has 4 unspecified atom stereocenters. The lowest BCUT2D eigenvalue weighted by molar-refractivity contribution is -0.125. The Morgan fingerprint density at radius 3 is 1.96 bits per heavy atom. The van der Waals surface area contributed by atoms with Crippen LogP contribution < -0.4 is 0 Å². The van der Waals surface area contributed by atoms with Crippen LogP contribution in [0.2, 0.25) is 0 Å². The van der Waals surface area contributed by atoms with Gasteiger partial charge < -0.3 is 24.4 Å². The standard InChI is InChI=1S/C22H42O5/c1-7-11-21(5,12-8-2)26-17-19(23)15-22(6,13-9-3)27-18-20(24)16-25-14-10-4/h7,10,19-20,23-24H,1,4,8-9,11-18H2,2-3,5-6H3. The number of hydrogen-bond acceptors (Lipinski definition) is 5. The molecule has 4 atom stereocenters. The highest BCUT2D eigenvalue weighted by molar-refractivity contribution is 4.85. The second-order valence-electron chi connectivity index (χ2n) is 7.85. The van der Waals surface area contributed by atoms with Crippen molar-refractivity contribution in [3.63, 3.8) is 0 Å². The van der Waals surface area contributed by atoms with E-state index in [0.29, 0.717) is 13.0 Å². The molecule has 0 saturated heterocycles. The van der Waals surface area contributed by atoms with Crippen LogP contribution in [0, 0.1) is 0 Å². The fraction of sp³-hybridized carbons (Fsp3) is 0.818.